The fourth-order valence-electron chi connectivity index (χ4n) is 2.34. The van der Waals surface area contributed by atoms with Crippen molar-refractivity contribution in [1.29, 1.82) is 0 Å². The lowest BCUT2D eigenvalue weighted by atomic mass is 9.87. The van der Waals surface area contributed by atoms with E-state index in [1.165, 1.54) is 32.1 Å². The maximum absolute atomic E-state index is 2.45. The van der Waals surface area contributed by atoms with Crippen LogP contribution in [-0.2, 0) is 0 Å². The fraction of sp³-hybridized carbons (Fsp3) is 1.00. The van der Waals surface area contributed by atoms with E-state index in [1.807, 2.05) is 0 Å². The third-order valence-electron chi connectivity index (χ3n) is 3.06. The van der Waals surface area contributed by atoms with Gasteiger partial charge in [0.15, 0.2) is 0 Å². The predicted molar refractivity (Wildman–Crippen MR) is 54.8 cm³/mol. The van der Waals surface area contributed by atoms with Crippen LogP contribution < -0.4 is 0 Å². The van der Waals surface area contributed by atoms with Crippen LogP contribution in [0.25, 0.3) is 0 Å². The summed E-state index contributed by atoms with van der Waals surface area (Å²) in [6.45, 7) is 7.27. The van der Waals surface area contributed by atoms with Gasteiger partial charge in [-0.15, -0.1) is 7.92 Å². The summed E-state index contributed by atoms with van der Waals surface area (Å²) in [6.07, 6.45) is 7.46. The van der Waals surface area contributed by atoms with Crippen LogP contribution in [0.3, 0.4) is 0 Å². The first kappa shape index (κ1) is 9.52. The van der Waals surface area contributed by atoms with Crippen molar-refractivity contribution < 1.29 is 0 Å². The molecule has 0 aromatic heterocycles. The van der Waals surface area contributed by atoms with Gasteiger partial charge in [-0.2, -0.15) is 0 Å². The van der Waals surface area contributed by atoms with Crippen molar-refractivity contribution in [3.8, 4) is 0 Å². The fourth-order valence-corrected chi connectivity index (χ4v) is 4.25. The van der Waals surface area contributed by atoms with E-state index in [0.717, 1.165) is 11.6 Å². The lowest BCUT2D eigenvalue weighted by molar-refractivity contribution is 0.358. The van der Waals surface area contributed by atoms with Crippen molar-refractivity contribution in [2.24, 2.45) is 5.92 Å². The molecule has 1 unspecified atom stereocenters. The monoisotopic (exact) mass is 172 g/mol. The highest BCUT2D eigenvalue weighted by Gasteiger charge is 2.25. The Kier molecular flexibility index (Phi) is 3.85. The van der Waals surface area contributed by atoms with E-state index >= 15 is 0 Å². The summed E-state index contributed by atoms with van der Waals surface area (Å²) in [5.74, 6) is 1.07. The number of hydrogen-bond acceptors (Lipinski definition) is 0. The summed E-state index contributed by atoms with van der Waals surface area (Å²) >= 11 is 0. The van der Waals surface area contributed by atoms with E-state index in [9.17, 15) is 0 Å². The zero-order chi connectivity index (χ0) is 8.27. The molecule has 1 aliphatic carbocycles. The summed E-state index contributed by atoms with van der Waals surface area (Å²) in [6, 6.07) is 0. The molecule has 0 bridgehead atoms. The minimum absolute atomic E-state index is 0.336. The Balaban J connectivity index is 2.44. The zero-order valence-corrected chi connectivity index (χ0v) is 9.03. The van der Waals surface area contributed by atoms with Gasteiger partial charge in [0.25, 0.3) is 0 Å². The molecule has 0 spiro atoms. The highest BCUT2D eigenvalue weighted by Crippen LogP contribution is 2.45. The van der Waals surface area contributed by atoms with E-state index in [-0.39, 0.29) is 0 Å². The van der Waals surface area contributed by atoms with Crippen molar-refractivity contribution >= 4 is 7.92 Å². The van der Waals surface area contributed by atoms with Gasteiger partial charge in [0.1, 0.15) is 0 Å². The summed E-state index contributed by atoms with van der Waals surface area (Å²) in [7, 11) is 0.336. The topological polar surface area (TPSA) is 0 Å². The second kappa shape index (κ2) is 4.45. The Morgan fingerprint density at radius 1 is 1.18 bits per heavy atom. The van der Waals surface area contributed by atoms with Crippen LogP contribution in [0.1, 0.15) is 39.0 Å². The van der Waals surface area contributed by atoms with Crippen molar-refractivity contribution in [2.75, 3.05) is 13.3 Å². The Labute approximate surface area is 72.5 Å². The van der Waals surface area contributed by atoms with Gasteiger partial charge in [-0.1, -0.05) is 26.2 Å². The molecule has 0 heterocycles. The molecule has 2 atom stereocenters. The van der Waals surface area contributed by atoms with Crippen molar-refractivity contribution in [2.45, 2.75) is 44.7 Å². The van der Waals surface area contributed by atoms with Crippen LogP contribution in [0, 0.1) is 5.92 Å². The molecule has 1 heteroatoms. The van der Waals surface area contributed by atoms with E-state index in [1.54, 1.807) is 0 Å². The van der Waals surface area contributed by atoms with Gasteiger partial charge in [0, 0.05) is 0 Å². The van der Waals surface area contributed by atoms with Crippen molar-refractivity contribution in [3.63, 3.8) is 0 Å². The zero-order valence-electron chi connectivity index (χ0n) is 8.14. The summed E-state index contributed by atoms with van der Waals surface area (Å²) in [5, 5.41) is 0. The molecule has 1 fully saturated rings. The Bertz CT molecular complexity index is 109. The van der Waals surface area contributed by atoms with E-state index in [2.05, 4.69) is 20.3 Å². The maximum Gasteiger partial charge on any atom is -0.0186 e. The van der Waals surface area contributed by atoms with Gasteiger partial charge < -0.3 is 0 Å². The van der Waals surface area contributed by atoms with Crippen LogP contribution in [0.4, 0.5) is 0 Å². The number of rotatable bonds is 2. The van der Waals surface area contributed by atoms with Gasteiger partial charge in [0.05, 0.1) is 0 Å². The first-order valence-electron chi connectivity index (χ1n) is 4.92. The molecule has 11 heavy (non-hydrogen) atoms. The van der Waals surface area contributed by atoms with E-state index in [4.69, 9.17) is 0 Å². The van der Waals surface area contributed by atoms with Crippen molar-refractivity contribution in [1.82, 2.24) is 0 Å². The predicted octanol–water partition coefficient (Wildman–Crippen LogP) is 3.70. The van der Waals surface area contributed by atoms with Gasteiger partial charge in [-0.25, -0.2) is 0 Å². The van der Waals surface area contributed by atoms with Gasteiger partial charge in [-0.05, 0) is 37.7 Å². The molecule has 0 nitrogen and oxygen atoms in total. The quantitative estimate of drug-likeness (QED) is 0.557. The van der Waals surface area contributed by atoms with E-state index < -0.39 is 0 Å². The molecule has 1 saturated carbocycles. The Morgan fingerprint density at radius 3 is 2.27 bits per heavy atom. The summed E-state index contributed by atoms with van der Waals surface area (Å²) in [5.41, 5.74) is 1.10. The first-order valence-corrected chi connectivity index (χ1v) is 7.22. The third kappa shape index (κ3) is 2.44. The molecule has 66 valence electrons. The molecule has 0 aromatic carbocycles. The van der Waals surface area contributed by atoms with Crippen LogP contribution in [-0.4, -0.2) is 19.0 Å². The summed E-state index contributed by atoms with van der Waals surface area (Å²) < 4.78 is 0. The standard InChI is InChI=1S/C10H21P/c1-4-9-7-5-6-8-10(9)11(2)3/h9-10H,4-8H2,1-3H3/t9-,10?/m0/s1. The van der Waals surface area contributed by atoms with E-state index in [0.29, 0.717) is 7.92 Å². The molecule has 0 radical (unpaired) electrons. The smallest absolute Gasteiger partial charge is 0.0186 e. The molecule has 0 aliphatic heterocycles. The lowest BCUT2D eigenvalue weighted by Crippen LogP contribution is -2.22. The van der Waals surface area contributed by atoms with Crippen LogP contribution in [0.2, 0.25) is 0 Å². The van der Waals surface area contributed by atoms with Crippen LogP contribution >= 0.6 is 7.92 Å². The highest BCUT2D eigenvalue weighted by atomic mass is 31.1. The van der Waals surface area contributed by atoms with Crippen LogP contribution in [0.15, 0.2) is 0 Å². The first-order chi connectivity index (χ1) is 5.25. The Hall–Kier alpha value is 0.430. The average Bonchev–Trinajstić information content (AvgIpc) is 2.04. The third-order valence-corrected chi connectivity index (χ3v) is 5.06. The molecule has 0 amide bonds. The largest absolute Gasteiger partial charge is 0.110 e. The molecular weight excluding hydrogens is 151 g/mol. The molecule has 1 rings (SSSR count). The SMILES string of the molecule is CC[C@H]1CCCCC1P(C)C. The Morgan fingerprint density at radius 2 is 1.82 bits per heavy atom. The molecule has 0 N–H and O–H groups in total. The van der Waals surface area contributed by atoms with Crippen molar-refractivity contribution in [3.05, 3.63) is 0 Å². The minimum atomic E-state index is 0.336. The minimum Gasteiger partial charge on any atom is -0.110 e. The molecular formula is C10H21P. The second-order valence-electron chi connectivity index (χ2n) is 3.98. The van der Waals surface area contributed by atoms with Gasteiger partial charge in [-0.3, -0.25) is 0 Å². The lowest BCUT2D eigenvalue weighted by Gasteiger charge is -2.33. The molecule has 1 aliphatic rings. The highest BCUT2D eigenvalue weighted by molar-refractivity contribution is 7.56. The van der Waals surface area contributed by atoms with Gasteiger partial charge >= 0.3 is 0 Å². The normalized spacial score (nSPS) is 32.7. The average molecular weight is 172 g/mol. The summed E-state index contributed by atoms with van der Waals surface area (Å²) in [4.78, 5) is 0. The maximum atomic E-state index is 2.45. The van der Waals surface area contributed by atoms with Gasteiger partial charge in [0.2, 0.25) is 0 Å². The molecule has 0 aromatic rings. The number of hydrogen-bond donors (Lipinski definition) is 0. The molecule has 0 saturated heterocycles. The van der Waals surface area contributed by atoms with Crippen LogP contribution in [0.5, 0.6) is 0 Å². The second-order valence-corrected chi connectivity index (χ2v) is 6.57.